The van der Waals surface area contributed by atoms with Crippen molar-refractivity contribution in [2.24, 2.45) is 5.41 Å². The molecule has 0 atom stereocenters. The van der Waals surface area contributed by atoms with Crippen molar-refractivity contribution in [2.75, 3.05) is 18.5 Å². The van der Waals surface area contributed by atoms with Gasteiger partial charge in [0.05, 0.1) is 18.7 Å². The van der Waals surface area contributed by atoms with Gasteiger partial charge >= 0.3 is 5.97 Å². The van der Waals surface area contributed by atoms with Gasteiger partial charge in [-0.2, -0.15) is 0 Å². The molecule has 1 spiro atoms. The van der Waals surface area contributed by atoms with Crippen LogP contribution in [0.1, 0.15) is 66.2 Å². The molecule has 26 heavy (non-hydrogen) atoms. The second-order valence-electron chi connectivity index (χ2n) is 7.18. The van der Waals surface area contributed by atoms with E-state index in [1.807, 2.05) is 6.92 Å². The van der Waals surface area contributed by atoms with Crippen LogP contribution in [0.5, 0.6) is 0 Å². The normalized spacial score (nSPS) is 17.8. The summed E-state index contributed by atoms with van der Waals surface area (Å²) in [4.78, 5) is 13.9. The van der Waals surface area contributed by atoms with Gasteiger partial charge in [0, 0.05) is 4.88 Å². The molecule has 1 saturated carbocycles. The monoisotopic (exact) mass is 390 g/mol. The maximum absolute atomic E-state index is 12.6. The Morgan fingerprint density at radius 3 is 2.81 bits per heavy atom. The quantitative estimate of drug-likeness (QED) is 0.456. The third kappa shape index (κ3) is 4.05. The van der Waals surface area contributed by atoms with Crippen molar-refractivity contribution in [2.45, 2.75) is 58.3 Å². The summed E-state index contributed by atoms with van der Waals surface area (Å²) in [6, 6.07) is 0. The first-order valence-electron chi connectivity index (χ1n) is 9.38. The van der Waals surface area contributed by atoms with Crippen molar-refractivity contribution in [3.63, 3.8) is 0 Å². The minimum atomic E-state index is -0.258. The Bertz CT molecular complexity index is 727. The molecule has 0 aliphatic heterocycles. The van der Waals surface area contributed by atoms with E-state index in [2.05, 4.69) is 16.6 Å². The number of carbonyl (C=O) groups excluding carboxylic acids is 1. The summed E-state index contributed by atoms with van der Waals surface area (Å²) in [5.41, 5.74) is 2.26. The molecule has 3 rings (SSSR count). The summed E-state index contributed by atoms with van der Waals surface area (Å²) in [6.07, 6.45) is 15.1. The third-order valence-electron chi connectivity index (χ3n) is 5.50. The zero-order chi connectivity index (χ0) is 18.6. The van der Waals surface area contributed by atoms with Gasteiger partial charge in [0.25, 0.3) is 0 Å². The van der Waals surface area contributed by atoms with Gasteiger partial charge in [-0.05, 0) is 62.2 Å². The van der Waals surface area contributed by atoms with Crippen LogP contribution in [0.2, 0.25) is 0 Å². The number of rotatable bonds is 4. The number of thiophene rings is 1. The van der Waals surface area contributed by atoms with E-state index in [4.69, 9.17) is 23.4 Å². The van der Waals surface area contributed by atoms with Crippen LogP contribution < -0.4 is 10.6 Å². The highest BCUT2D eigenvalue weighted by Crippen LogP contribution is 2.50. The Hall–Kier alpha value is -1.58. The average Bonchev–Trinajstić information content (AvgIpc) is 2.97. The summed E-state index contributed by atoms with van der Waals surface area (Å²) >= 11 is 6.96. The molecule has 1 aromatic rings. The second kappa shape index (κ2) is 8.41. The van der Waals surface area contributed by atoms with Crippen LogP contribution in [0, 0.1) is 17.8 Å². The van der Waals surface area contributed by atoms with Crippen LogP contribution in [0.4, 0.5) is 5.00 Å². The molecule has 0 bridgehead atoms. The first kappa shape index (κ1) is 19.2. The molecule has 4 nitrogen and oxygen atoms in total. The van der Waals surface area contributed by atoms with E-state index in [9.17, 15) is 4.79 Å². The lowest BCUT2D eigenvalue weighted by Crippen LogP contribution is -2.31. The standard InChI is InChI=1S/C20H26N2O2S2/c1-3-12-21-19(25)22-17-16(18(23)24-4-2)14-8-11-20(13-15(14)26-17)9-6-5-7-10-20/h1H,4-13H2,2H3,(H2,21,22,25). The maximum atomic E-state index is 12.6. The predicted octanol–water partition coefficient (Wildman–Crippen LogP) is 4.28. The molecule has 0 unspecified atom stereocenters. The third-order valence-corrected chi connectivity index (χ3v) is 6.90. The fourth-order valence-corrected chi connectivity index (χ4v) is 5.91. The SMILES string of the molecule is C#CCNC(=S)Nc1sc2c(c1C(=O)OCC)CCC1(CCCCC1)C2. The molecular formula is C20H26N2O2S2. The zero-order valence-electron chi connectivity index (χ0n) is 15.3. The van der Waals surface area contributed by atoms with Crippen molar-refractivity contribution in [3.05, 3.63) is 16.0 Å². The Kier molecular flexibility index (Phi) is 6.20. The Balaban J connectivity index is 1.88. The number of hydrogen-bond donors (Lipinski definition) is 2. The van der Waals surface area contributed by atoms with E-state index in [0.717, 1.165) is 23.4 Å². The lowest BCUT2D eigenvalue weighted by atomic mass is 9.65. The number of hydrogen-bond acceptors (Lipinski definition) is 4. The number of thiocarbonyl (C=S) groups is 1. The number of anilines is 1. The molecular weight excluding hydrogens is 364 g/mol. The van der Waals surface area contributed by atoms with E-state index in [0.29, 0.717) is 29.2 Å². The van der Waals surface area contributed by atoms with Crippen molar-refractivity contribution in [3.8, 4) is 12.3 Å². The summed E-state index contributed by atoms with van der Waals surface area (Å²) in [5.74, 6) is 2.25. The van der Waals surface area contributed by atoms with Crippen molar-refractivity contribution >= 4 is 39.6 Å². The molecule has 1 heterocycles. The first-order valence-corrected chi connectivity index (χ1v) is 10.6. The molecule has 0 aromatic carbocycles. The van der Waals surface area contributed by atoms with Gasteiger partial charge in [0.1, 0.15) is 5.00 Å². The lowest BCUT2D eigenvalue weighted by Gasteiger charge is -2.40. The van der Waals surface area contributed by atoms with Crippen LogP contribution in [0.3, 0.4) is 0 Å². The van der Waals surface area contributed by atoms with E-state index < -0.39 is 0 Å². The maximum Gasteiger partial charge on any atom is 0.341 e. The Morgan fingerprint density at radius 1 is 1.35 bits per heavy atom. The summed E-state index contributed by atoms with van der Waals surface area (Å²) in [7, 11) is 0. The van der Waals surface area contributed by atoms with E-state index in [1.54, 1.807) is 11.3 Å². The molecule has 0 radical (unpaired) electrons. The number of carbonyl (C=O) groups is 1. The van der Waals surface area contributed by atoms with Gasteiger partial charge < -0.3 is 15.4 Å². The predicted molar refractivity (Wildman–Crippen MR) is 111 cm³/mol. The van der Waals surface area contributed by atoms with Gasteiger partial charge in [0.15, 0.2) is 5.11 Å². The van der Waals surface area contributed by atoms with E-state index in [1.165, 1.54) is 43.4 Å². The molecule has 0 saturated heterocycles. The smallest absolute Gasteiger partial charge is 0.341 e. The number of esters is 1. The fraction of sp³-hybridized carbons (Fsp3) is 0.600. The fourth-order valence-electron chi connectivity index (χ4n) is 4.25. The highest BCUT2D eigenvalue weighted by Gasteiger charge is 2.39. The van der Waals surface area contributed by atoms with Crippen LogP contribution >= 0.6 is 23.6 Å². The summed E-state index contributed by atoms with van der Waals surface area (Å²) in [5, 5.41) is 7.36. The van der Waals surface area contributed by atoms with Crippen LogP contribution in [0.25, 0.3) is 0 Å². The van der Waals surface area contributed by atoms with E-state index in [-0.39, 0.29) is 5.97 Å². The lowest BCUT2D eigenvalue weighted by molar-refractivity contribution is 0.0525. The minimum absolute atomic E-state index is 0.258. The molecule has 2 N–H and O–H groups in total. The molecule has 140 valence electrons. The molecule has 6 heteroatoms. The Morgan fingerprint density at radius 2 is 2.12 bits per heavy atom. The molecule has 2 aliphatic rings. The summed E-state index contributed by atoms with van der Waals surface area (Å²) < 4.78 is 5.32. The van der Waals surface area contributed by atoms with Crippen molar-refractivity contribution in [1.29, 1.82) is 0 Å². The van der Waals surface area contributed by atoms with Gasteiger partial charge in [-0.3, -0.25) is 0 Å². The van der Waals surface area contributed by atoms with Gasteiger partial charge in [-0.15, -0.1) is 17.8 Å². The van der Waals surface area contributed by atoms with Crippen LogP contribution in [-0.2, 0) is 17.6 Å². The summed E-state index contributed by atoms with van der Waals surface area (Å²) in [6.45, 7) is 2.56. The Labute approximate surface area is 165 Å². The second-order valence-corrected chi connectivity index (χ2v) is 8.69. The zero-order valence-corrected chi connectivity index (χ0v) is 16.9. The number of ether oxygens (including phenoxy) is 1. The highest BCUT2D eigenvalue weighted by atomic mass is 32.1. The van der Waals surface area contributed by atoms with Crippen molar-refractivity contribution < 1.29 is 9.53 Å². The number of terminal acetylenes is 1. The van der Waals surface area contributed by atoms with Gasteiger partial charge in [0.2, 0.25) is 0 Å². The molecule has 1 aromatic heterocycles. The largest absolute Gasteiger partial charge is 0.462 e. The number of nitrogens with one attached hydrogen (secondary N) is 2. The van der Waals surface area contributed by atoms with Crippen molar-refractivity contribution in [1.82, 2.24) is 5.32 Å². The highest BCUT2D eigenvalue weighted by molar-refractivity contribution is 7.80. The molecule has 1 fully saturated rings. The molecule has 0 amide bonds. The van der Waals surface area contributed by atoms with Crippen LogP contribution in [-0.4, -0.2) is 24.2 Å². The van der Waals surface area contributed by atoms with Crippen LogP contribution in [0.15, 0.2) is 0 Å². The minimum Gasteiger partial charge on any atom is -0.462 e. The topological polar surface area (TPSA) is 50.4 Å². The first-order chi connectivity index (χ1) is 12.6. The average molecular weight is 391 g/mol. The molecule has 2 aliphatic carbocycles. The number of fused-ring (bicyclic) bond motifs is 1. The van der Waals surface area contributed by atoms with Gasteiger partial charge in [-0.1, -0.05) is 25.2 Å². The van der Waals surface area contributed by atoms with Gasteiger partial charge in [-0.25, -0.2) is 4.79 Å². The van der Waals surface area contributed by atoms with E-state index >= 15 is 0 Å².